The normalized spacial score (nSPS) is 11.7. The maximum absolute atomic E-state index is 2.46. The molecule has 0 aliphatic rings. The van der Waals surface area contributed by atoms with Gasteiger partial charge in [-0.25, -0.2) is 0 Å². The lowest BCUT2D eigenvalue weighted by Crippen LogP contribution is -2.10. The van der Waals surface area contributed by atoms with Crippen LogP contribution in [-0.2, 0) is 0 Å². The Morgan fingerprint density at radius 2 is 0.949 bits per heavy atom. The van der Waals surface area contributed by atoms with Gasteiger partial charge in [-0.05, 0) is 99.4 Å². The van der Waals surface area contributed by atoms with Crippen LogP contribution in [0.3, 0.4) is 0 Å². The third kappa shape index (κ3) is 5.47. The molecule has 276 valence electrons. The molecule has 0 spiro atoms. The molecular weight excluding hydrogens is 733 g/mol. The van der Waals surface area contributed by atoms with E-state index in [9.17, 15) is 0 Å². The Morgan fingerprint density at radius 3 is 1.76 bits per heavy atom. The van der Waals surface area contributed by atoms with Crippen LogP contribution in [0, 0.1) is 0 Å². The second kappa shape index (κ2) is 13.6. The van der Waals surface area contributed by atoms with Gasteiger partial charge in [-0.1, -0.05) is 152 Å². The summed E-state index contributed by atoms with van der Waals surface area (Å²) in [5, 5.41) is 10.1. The van der Waals surface area contributed by atoms with E-state index in [1.807, 2.05) is 11.3 Å². The Kier molecular flexibility index (Phi) is 7.75. The number of benzene rings is 10. The summed E-state index contributed by atoms with van der Waals surface area (Å²) >= 11 is 1.88. The molecular formula is C56H36N2S. The highest BCUT2D eigenvalue weighted by Gasteiger charge is 2.22. The van der Waals surface area contributed by atoms with Gasteiger partial charge in [0.25, 0.3) is 0 Å². The van der Waals surface area contributed by atoms with Crippen molar-refractivity contribution in [2.75, 3.05) is 4.90 Å². The van der Waals surface area contributed by atoms with Gasteiger partial charge in [0.2, 0.25) is 0 Å². The third-order valence-electron chi connectivity index (χ3n) is 11.9. The summed E-state index contributed by atoms with van der Waals surface area (Å²) in [6.45, 7) is 0. The first-order valence-electron chi connectivity index (χ1n) is 20.2. The summed E-state index contributed by atoms with van der Waals surface area (Å²) in [5.74, 6) is 0. The Hall–Kier alpha value is -7.46. The number of hydrogen-bond donors (Lipinski definition) is 0. The maximum atomic E-state index is 2.46. The first kappa shape index (κ1) is 33.7. The van der Waals surface area contributed by atoms with Gasteiger partial charge in [0.1, 0.15) is 0 Å². The van der Waals surface area contributed by atoms with Gasteiger partial charge < -0.3 is 9.47 Å². The lowest BCUT2D eigenvalue weighted by atomic mass is 9.96. The lowest BCUT2D eigenvalue weighted by Gasteiger charge is -2.27. The summed E-state index contributed by atoms with van der Waals surface area (Å²) < 4.78 is 5.03. The topological polar surface area (TPSA) is 8.17 Å². The lowest BCUT2D eigenvalue weighted by molar-refractivity contribution is 1.18. The highest BCUT2D eigenvalue weighted by molar-refractivity contribution is 7.26. The van der Waals surface area contributed by atoms with Crippen LogP contribution in [0.2, 0.25) is 0 Å². The predicted molar refractivity (Wildman–Crippen MR) is 254 cm³/mol. The van der Waals surface area contributed by atoms with Crippen molar-refractivity contribution >= 4 is 91.9 Å². The standard InChI is InChI=1S/C56H36N2S/c1-2-17-41(18-3-1)57(42-19-14-16-39(33-42)40-32-31-38-30-29-37-15-4-5-20-44(37)49(38)34-40)43-35-50(56-51(36-43)48-24-9-13-28-55(48)59-56)47-23-8-12-27-54(47)58-52-25-10-6-21-45(52)46-22-7-11-26-53(46)58/h1-36H. The highest BCUT2D eigenvalue weighted by Crippen LogP contribution is 2.48. The van der Waals surface area contributed by atoms with E-state index in [-0.39, 0.29) is 0 Å². The van der Waals surface area contributed by atoms with E-state index in [0.29, 0.717) is 0 Å². The number of rotatable bonds is 6. The first-order valence-corrected chi connectivity index (χ1v) is 21.0. The minimum atomic E-state index is 1.10. The van der Waals surface area contributed by atoms with Crippen molar-refractivity contribution < 1.29 is 0 Å². The number of para-hydroxylation sites is 4. The minimum absolute atomic E-state index is 1.10. The van der Waals surface area contributed by atoms with Gasteiger partial charge in [0, 0.05) is 59.1 Å². The van der Waals surface area contributed by atoms with Crippen LogP contribution < -0.4 is 4.90 Å². The number of thiophene rings is 1. The van der Waals surface area contributed by atoms with E-state index in [1.54, 1.807) is 0 Å². The van der Waals surface area contributed by atoms with Crippen LogP contribution >= 0.6 is 11.3 Å². The number of fused-ring (bicyclic) bond motifs is 9. The fraction of sp³-hybridized carbons (Fsp3) is 0. The molecule has 59 heavy (non-hydrogen) atoms. The Balaban J connectivity index is 1.10. The zero-order valence-electron chi connectivity index (χ0n) is 32.1. The highest BCUT2D eigenvalue weighted by atomic mass is 32.1. The summed E-state index contributed by atoms with van der Waals surface area (Å²) in [7, 11) is 0. The molecule has 2 aromatic heterocycles. The molecule has 0 atom stereocenters. The maximum Gasteiger partial charge on any atom is 0.0541 e. The molecule has 0 N–H and O–H groups in total. The number of hydrogen-bond acceptors (Lipinski definition) is 2. The fourth-order valence-corrected chi connectivity index (χ4v) is 10.5. The SMILES string of the molecule is c1ccc(N(c2cccc(-c3ccc4ccc5ccccc5c4c3)c2)c2cc(-c3ccccc3-n3c4ccccc4c4ccccc43)c3sc4ccccc4c3c2)cc1. The average Bonchev–Trinajstić information content (AvgIpc) is 3.85. The molecule has 0 fully saturated rings. The zero-order valence-corrected chi connectivity index (χ0v) is 32.9. The summed E-state index contributed by atoms with van der Waals surface area (Å²) in [6, 6.07) is 80.0. The fourth-order valence-electron chi connectivity index (χ4n) is 9.25. The number of aromatic nitrogens is 1. The van der Waals surface area contributed by atoms with Gasteiger partial charge in [0.15, 0.2) is 0 Å². The molecule has 0 saturated carbocycles. The Bertz CT molecular complexity index is 3520. The van der Waals surface area contributed by atoms with Gasteiger partial charge in [-0.15, -0.1) is 11.3 Å². The molecule has 2 nitrogen and oxygen atoms in total. The van der Waals surface area contributed by atoms with Crippen LogP contribution in [-0.4, -0.2) is 4.57 Å². The summed E-state index contributed by atoms with van der Waals surface area (Å²) in [4.78, 5) is 2.43. The quantitative estimate of drug-likeness (QED) is 0.153. The van der Waals surface area contributed by atoms with E-state index in [0.717, 1.165) is 22.7 Å². The van der Waals surface area contributed by atoms with Crippen molar-refractivity contribution in [3.8, 4) is 27.9 Å². The number of nitrogens with zero attached hydrogens (tertiary/aromatic N) is 2. The van der Waals surface area contributed by atoms with Crippen LogP contribution in [0.1, 0.15) is 0 Å². The molecule has 3 heteroatoms. The molecule has 2 heterocycles. The van der Waals surface area contributed by atoms with Crippen LogP contribution in [0.15, 0.2) is 218 Å². The Morgan fingerprint density at radius 1 is 0.339 bits per heavy atom. The molecule has 0 unspecified atom stereocenters. The van der Waals surface area contributed by atoms with Crippen molar-refractivity contribution in [3.63, 3.8) is 0 Å². The third-order valence-corrected chi connectivity index (χ3v) is 13.2. The van der Waals surface area contributed by atoms with Crippen molar-refractivity contribution in [3.05, 3.63) is 218 Å². The summed E-state index contributed by atoms with van der Waals surface area (Å²) in [5.41, 5.74) is 11.7. The van der Waals surface area contributed by atoms with Crippen molar-refractivity contribution in [2.45, 2.75) is 0 Å². The van der Waals surface area contributed by atoms with E-state index < -0.39 is 0 Å². The van der Waals surface area contributed by atoms with Crippen LogP contribution in [0.25, 0.3) is 91.5 Å². The van der Waals surface area contributed by atoms with Gasteiger partial charge in [-0.2, -0.15) is 0 Å². The molecule has 12 aromatic rings. The molecule has 0 radical (unpaired) electrons. The van der Waals surface area contributed by atoms with Crippen molar-refractivity contribution in [1.29, 1.82) is 0 Å². The smallest absolute Gasteiger partial charge is 0.0541 e. The minimum Gasteiger partial charge on any atom is -0.310 e. The number of anilines is 3. The zero-order chi connectivity index (χ0) is 38.9. The van der Waals surface area contributed by atoms with E-state index in [4.69, 9.17) is 0 Å². The molecule has 10 aromatic carbocycles. The van der Waals surface area contributed by atoms with E-state index in [2.05, 4.69) is 228 Å². The predicted octanol–water partition coefficient (Wildman–Crippen LogP) is 16.3. The van der Waals surface area contributed by atoms with Crippen molar-refractivity contribution in [2.24, 2.45) is 0 Å². The van der Waals surface area contributed by atoms with Crippen LogP contribution in [0.4, 0.5) is 17.1 Å². The van der Waals surface area contributed by atoms with Crippen molar-refractivity contribution in [1.82, 2.24) is 4.57 Å². The monoisotopic (exact) mass is 768 g/mol. The van der Waals surface area contributed by atoms with Crippen LogP contribution in [0.5, 0.6) is 0 Å². The molecule has 12 rings (SSSR count). The van der Waals surface area contributed by atoms with Gasteiger partial charge >= 0.3 is 0 Å². The van der Waals surface area contributed by atoms with Gasteiger partial charge in [-0.3, -0.25) is 0 Å². The first-order chi connectivity index (χ1) is 29.3. The molecule has 0 aliphatic carbocycles. The van der Waals surface area contributed by atoms with E-state index in [1.165, 1.54) is 85.8 Å². The van der Waals surface area contributed by atoms with E-state index >= 15 is 0 Å². The molecule has 0 bridgehead atoms. The largest absolute Gasteiger partial charge is 0.310 e. The molecule has 0 aliphatic heterocycles. The van der Waals surface area contributed by atoms with Gasteiger partial charge in [0.05, 0.1) is 16.7 Å². The Labute approximate surface area is 346 Å². The molecule has 0 saturated heterocycles. The molecule has 0 amide bonds. The second-order valence-electron chi connectivity index (χ2n) is 15.3. The average molecular weight is 769 g/mol. The second-order valence-corrected chi connectivity index (χ2v) is 16.4. The summed E-state index contributed by atoms with van der Waals surface area (Å²) in [6.07, 6.45) is 0.